The van der Waals surface area contributed by atoms with Crippen LogP contribution in [0.15, 0.2) is 24.3 Å². The zero-order valence-electron chi connectivity index (χ0n) is 15.6. The first-order valence-electron chi connectivity index (χ1n) is 8.63. The van der Waals surface area contributed by atoms with E-state index in [9.17, 15) is 5.11 Å². The number of phenols is 1. The highest BCUT2D eigenvalue weighted by atomic mass is 16.3. The topological polar surface area (TPSA) is 20.2 Å². The van der Waals surface area contributed by atoms with E-state index in [4.69, 9.17) is 0 Å². The van der Waals surface area contributed by atoms with Gasteiger partial charge in [0.15, 0.2) is 0 Å². The highest BCUT2D eigenvalue weighted by molar-refractivity contribution is 5.47. The zero-order chi connectivity index (χ0) is 17.3. The van der Waals surface area contributed by atoms with Crippen molar-refractivity contribution < 1.29 is 5.11 Å². The number of rotatable bonds is 4. The molecule has 0 saturated heterocycles. The third-order valence-electron chi connectivity index (χ3n) is 4.84. The molecule has 0 bridgehead atoms. The lowest BCUT2D eigenvalue weighted by molar-refractivity contribution is 0.469. The molecule has 0 fully saturated rings. The molecule has 0 aliphatic heterocycles. The molecule has 2 aromatic carbocycles. The second-order valence-corrected chi connectivity index (χ2v) is 7.46. The molecule has 2 rings (SSSR count). The lowest BCUT2D eigenvalue weighted by atomic mass is 9.86. The smallest absolute Gasteiger partial charge is 0.118 e. The van der Waals surface area contributed by atoms with Gasteiger partial charge in [0.05, 0.1) is 0 Å². The van der Waals surface area contributed by atoms with Crippen LogP contribution < -0.4 is 0 Å². The molecule has 0 amide bonds. The second-order valence-electron chi connectivity index (χ2n) is 7.46. The Morgan fingerprint density at radius 1 is 0.696 bits per heavy atom. The minimum atomic E-state index is 0.404. The molecule has 23 heavy (non-hydrogen) atoms. The van der Waals surface area contributed by atoms with Crippen LogP contribution in [0.4, 0.5) is 0 Å². The summed E-state index contributed by atoms with van der Waals surface area (Å²) in [5.41, 5.74) is 9.11. The first-order valence-corrected chi connectivity index (χ1v) is 8.63. The van der Waals surface area contributed by atoms with Crippen LogP contribution in [0.25, 0.3) is 0 Å². The van der Waals surface area contributed by atoms with Crippen molar-refractivity contribution >= 4 is 0 Å². The molecule has 0 atom stereocenters. The van der Waals surface area contributed by atoms with Gasteiger partial charge in [0.25, 0.3) is 0 Å². The summed E-state index contributed by atoms with van der Waals surface area (Å²) in [5.74, 6) is 1.33. The van der Waals surface area contributed by atoms with Crippen molar-refractivity contribution in [1.29, 1.82) is 0 Å². The highest BCUT2D eigenvalue weighted by Gasteiger charge is 2.14. The van der Waals surface area contributed by atoms with Crippen molar-refractivity contribution in [3.63, 3.8) is 0 Å². The van der Waals surface area contributed by atoms with E-state index in [-0.39, 0.29) is 0 Å². The normalized spacial score (nSPS) is 11.5. The Morgan fingerprint density at radius 3 is 1.65 bits per heavy atom. The molecule has 0 aliphatic rings. The number of hydrogen-bond acceptors (Lipinski definition) is 1. The summed E-state index contributed by atoms with van der Waals surface area (Å²) in [6.45, 7) is 15.3. The Morgan fingerprint density at radius 2 is 1.13 bits per heavy atom. The van der Waals surface area contributed by atoms with Crippen molar-refractivity contribution in [2.45, 2.75) is 66.7 Å². The van der Waals surface area contributed by atoms with E-state index >= 15 is 0 Å². The van der Waals surface area contributed by atoms with E-state index in [1.165, 1.54) is 33.4 Å². The number of benzene rings is 2. The van der Waals surface area contributed by atoms with Crippen LogP contribution in [-0.2, 0) is 6.42 Å². The number of phenolic OH excluding ortho intramolecular Hbond substituents is 1. The van der Waals surface area contributed by atoms with Gasteiger partial charge >= 0.3 is 0 Å². The van der Waals surface area contributed by atoms with Crippen molar-refractivity contribution in [1.82, 2.24) is 0 Å². The summed E-state index contributed by atoms with van der Waals surface area (Å²) in [7, 11) is 0. The fourth-order valence-electron chi connectivity index (χ4n) is 3.26. The summed E-state index contributed by atoms with van der Waals surface area (Å²) in [6.07, 6.45) is 0.934. The molecule has 0 aromatic heterocycles. The quantitative estimate of drug-likeness (QED) is 0.717. The predicted molar refractivity (Wildman–Crippen MR) is 99.7 cm³/mol. The maximum absolute atomic E-state index is 10.1. The SMILES string of the molecule is Cc1cc(Cc2cc(C)c(O)cc2C(C)C)c(C(C)C)cc1C. The van der Waals surface area contributed by atoms with Gasteiger partial charge in [-0.3, -0.25) is 0 Å². The van der Waals surface area contributed by atoms with Gasteiger partial charge in [0.2, 0.25) is 0 Å². The Hall–Kier alpha value is -1.76. The fourth-order valence-corrected chi connectivity index (χ4v) is 3.26. The van der Waals surface area contributed by atoms with Crippen molar-refractivity contribution in [2.24, 2.45) is 0 Å². The first kappa shape index (κ1) is 17.6. The summed E-state index contributed by atoms with van der Waals surface area (Å²) >= 11 is 0. The molecular formula is C22H30O. The van der Waals surface area contributed by atoms with Crippen LogP contribution in [0, 0.1) is 20.8 Å². The lowest BCUT2D eigenvalue weighted by Gasteiger charge is -2.19. The van der Waals surface area contributed by atoms with Crippen molar-refractivity contribution in [2.75, 3.05) is 0 Å². The molecule has 0 spiro atoms. The van der Waals surface area contributed by atoms with Crippen molar-refractivity contribution in [3.05, 3.63) is 63.2 Å². The maximum Gasteiger partial charge on any atom is 0.118 e. The fraction of sp³-hybridized carbons (Fsp3) is 0.455. The number of hydrogen-bond donors (Lipinski definition) is 1. The van der Waals surface area contributed by atoms with E-state index in [0.717, 1.165) is 12.0 Å². The van der Waals surface area contributed by atoms with Gasteiger partial charge in [-0.15, -0.1) is 0 Å². The average Bonchev–Trinajstić information content (AvgIpc) is 2.45. The molecule has 0 heterocycles. The van der Waals surface area contributed by atoms with Gasteiger partial charge in [-0.2, -0.15) is 0 Å². The molecule has 0 unspecified atom stereocenters. The first-order chi connectivity index (χ1) is 10.7. The highest BCUT2D eigenvalue weighted by Crippen LogP contribution is 2.31. The summed E-state index contributed by atoms with van der Waals surface area (Å²) in [5, 5.41) is 10.1. The third kappa shape index (κ3) is 3.77. The van der Waals surface area contributed by atoms with E-state index in [2.05, 4.69) is 59.7 Å². The van der Waals surface area contributed by atoms with Crippen LogP contribution in [0.3, 0.4) is 0 Å². The molecule has 0 aliphatic carbocycles. The molecule has 1 nitrogen and oxygen atoms in total. The van der Waals surface area contributed by atoms with E-state index in [1.807, 2.05) is 13.0 Å². The molecular weight excluding hydrogens is 280 g/mol. The average molecular weight is 310 g/mol. The van der Waals surface area contributed by atoms with Crippen molar-refractivity contribution in [3.8, 4) is 5.75 Å². The predicted octanol–water partition coefficient (Wildman–Crippen LogP) is 6.16. The maximum atomic E-state index is 10.1. The van der Waals surface area contributed by atoms with Crippen LogP contribution in [0.5, 0.6) is 5.75 Å². The van der Waals surface area contributed by atoms with Crippen LogP contribution >= 0.6 is 0 Å². The zero-order valence-corrected chi connectivity index (χ0v) is 15.6. The molecule has 2 aromatic rings. The van der Waals surface area contributed by atoms with Gasteiger partial charge in [-0.05, 0) is 84.0 Å². The molecule has 124 valence electrons. The van der Waals surface area contributed by atoms with Crippen LogP contribution in [0.2, 0.25) is 0 Å². The van der Waals surface area contributed by atoms with Gasteiger partial charge in [-0.1, -0.05) is 45.9 Å². The Kier molecular flexibility index (Phi) is 5.19. The minimum absolute atomic E-state index is 0.404. The summed E-state index contributed by atoms with van der Waals surface area (Å²) in [6, 6.07) is 8.80. The Bertz CT molecular complexity index is 647. The van der Waals surface area contributed by atoms with Gasteiger partial charge < -0.3 is 5.11 Å². The Labute approximate surface area is 141 Å². The minimum Gasteiger partial charge on any atom is -0.508 e. The molecule has 1 heteroatoms. The van der Waals surface area contributed by atoms with E-state index < -0.39 is 0 Å². The Balaban J connectivity index is 2.55. The van der Waals surface area contributed by atoms with E-state index in [1.54, 1.807) is 0 Å². The molecule has 1 N–H and O–H groups in total. The summed E-state index contributed by atoms with van der Waals surface area (Å²) in [4.78, 5) is 0. The van der Waals surface area contributed by atoms with Gasteiger partial charge in [0, 0.05) is 0 Å². The number of aryl methyl sites for hydroxylation is 3. The monoisotopic (exact) mass is 310 g/mol. The van der Waals surface area contributed by atoms with Gasteiger partial charge in [-0.25, -0.2) is 0 Å². The van der Waals surface area contributed by atoms with Gasteiger partial charge in [0.1, 0.15) is 5.75 Å². The van der Waals surface area contributed by atoms with Crippen LogP contribution in [0.1, 0.15) is 78.5 Å². The summed E-state index contributed by atoms with van der Waals surface area (Å²) < 4.78 is 0. The molecule has 0 radical (unpaired) electrons. The number of aromatic hydroxyl groups is 1. The van der Waals surface area contributed by atoms with Crippen LogP contribution in [-0.4, -0.2) is 5.11 Å². The molecule has 0 saturated carbocycles. The third-order valence-corrected chi connectivity index (χ3v) is 4.84. The van der Waals surface area contributed by atoms with E-state index in [0.29, 0.717) is 17.6 Å². The second kappa shape index (κ2) is 6.78. The standard InChI is InChI=1S/C22H30O/c1-13(2)20-10-16(6)15(5)8-18(20)11-19-9-17(7)22(23)12-21(19)14(3)4/h8-10,12-14,23H,11H2,1-7H3. The largest absolute Gasteiger partial charge is 0.508 e. The lowest BCUT2D eigenvalue weighted by Crippen LogP contribution is -2.04.